The Balaban J connectivity index is 0.000000775. The number of benzene rings is 1. The largest absolute Gasteiger partial charge is 0.483 e. The van der Waals surface area contributed by atoms with Crippen molar-refractivity contribution in [3.63, 3.8) is 0 Å². The fourth-order valence-electron chi connectivity index (χ4n) is 4.10. The van der Waals surface area contributed by atoms with E-state index in [1.165, 1.54) is 6.07 Å². The molecule has 2 aromatic heterocycles. The van der Waals surface area contributed by atoms with Crippen molar-refractivity contribution in [3.05, 3.63) is 42.0 Å². The first kappa shape index (κ1) is 21.5. The zero-order valence-electron chi connectivity index (χ0n) is 17.7. The van der Waals surface area contributed by atoms with Crippen LogP contribution in [0, 0.1) is 5.82 Å². The second-order valence-corrected chi connectivity index (χ2v) is 7.66. The summed E-state index contributed by atoms with van der Waals surface area (Å²) in [4.78, 5) is 29.6. The number of carboxylic acid groups (broad SMARTS) is 1. The Morgan fingerprint density at radius 3 is 2.81 bits per heavy atom. The molecule has 1 aromatic carbocycles. The second-order valence-electron chi connectivity index (χ2n) is 7.66. The van der Waals surface area contributed by atoms with Crippen molar-refractivity contribution >= 4 is 40.6 Å². The predicted octanol–water partition coefficient (Wildman–Crippen LogP) is 1.81. The van der Waals surface area contributed by atoms with Gasteiger partial charge in [-0.3, -0.25) is 14.4 Å². The van der Waals surface area contributed by atoms with Crippen molar-refractivity contribution in [2.45, 2.75) is 12.5 Å². The summed E-state index contributed by atoms with van der Waals surface area (Å²) in [5, 5.41) is 17.7. The van der Waals surface area contributed by atoms with Crippen LogP contribution in [-0.4, -0.2) is 65.1 Å². The Hall–Kier alpha value is -3.73. The molecule has 2 aliphatic heterocycles. The maximum atomic E-state index is 14.3. The summed E-state index contributed by atoms with van der Waals surface area (Å²) in [7, 11) is 3.70. The molecule has 3 N–H and O–H groups in total. The van der Waals surface area contributed by atoms with E-state index >= 15 is 0 Å². The van der Waals surface area contributed by atoms with Gasteiger partial charge in [0.15, 0.2) is 5.82 Å². The highest BCUT2D eigenvalue weighted by atomic mass is 19.1. The highest BCUT2D eigenvalue weighted by Gasteiger charge is 2.33. The van der Waals surface area contributed by atoms with Gasteiger partial charge >= 0.3 is 6.03 Å². The number of pyridine rings is 1. The molecule has 0 bridgehead atoms. The molecule has 0 atom stereocenters. The first-order chi connectivity index (χ1) is 15.4. The molecule has 168 valence electrons. The first-order valence-corrected chi connectivity index (χ1v) is 10.1. The minimum Gasteiger partial charge on any atom is -0.483 e. The van der Waals surface area contributed by atoms with Crippen LogP contribution < -0.4 is 20.4 Å². The van der Waals surface area contributed by atoms with Gasteiger partial charge in [-0.15, -0.1) is 0 Å². The summed E-state index contributed by atoms with van der Waals surface area (Å²) >= 11 is 0. The van der Waals surface area contributed by atoms with Crippen LogP contribution in [0.4, 0.5) is 26.4 Å². The molecular formula is C21H24FN7O3. The highest BCUT2D eigenvalue weighted by Crippen LogP contribution is 2.36. The normalized spacial score (nSPS) is 15.1. The molecule has 2 aliphatic rings. The molecule has 1 fully saturated rings. The number of urea groups is 1. The van der Waals surface area contributed by atoms with Crippen LogP contribution in [0.5, 0.6) is 0 Å². The lowest BCUT2D eigenvalue weighted by molar-refractivity contribution is -0.122. The Morgan fingerprint density at radius 2 is 2.09 bits per heavy atom. The van der Waals surface area contributed by atoms with Crippen LogP contribution in [0.1, 0.15) is 5.56 Å². The molecule has 0 spiro atoms. The van der Waals surface area contributed by atoms with Crippen LogP contribution in [-0.2, 0) is 18.3 Å². The monoisotopic (exact) mass is 441 g/mol. The van der Waals surface area contributed by atoms with Gasteiger partial charge in [-0.05, 0) is 31.7 Å². The van der Waals surface area contributed by atoms with Crippen LogP contribution >= 0.6 is 0 Å². The van der Waals surface area contributed by atoms with Crippen molar-refractivity contribution in [1.29, 1.82) is 0 Å². The lowest BCUT2D eigenvalue weighted by Gasteiger charge is -2.41. The molecule has 0 radical (unpaired) electrons. The molecule has 32 heavy (non-hydrogen) atoms. The molecule has 0 saturated carbocycles. The number of likely N-dealkylation sites (N-methyl/N-ethyl adjacent to an activating group) is 1. The lowest BCUT2D eigenvalue weighted by Crippen LogP contribution is -2.57. The number of hydrogen-bond acceptors (Lipinski definition) is 6. The number of rotatable bonds is 3. The number of halogens is 1. The van der Waals surface area contributed by atoms with E-state index in [2.05, 4.69) is 25.6 Å². The van der Waals surface area contributed by atoms with E-state index in [4.69, 9.17) is 9.90 Å². The quantitative estimate of drug-likeness (QED) is 0.531. The van der Waals surface area contributed by atoms with Gasteiger partial charge in [0.25, 0.3) is 6.47 Å². The third-order valence-corrected chi connectivity index (χ3v) is 5.65. The number of nitrogens with one attached hydrogen (secondary N) is 2. The molecule has 5 rings (SSSR count). The van der Waals surface area contributed by atoms with E-state index in [0.29, 0.717) is 29.5 Å². The van der Waals surface area contributed by atoms with Gasteiger partial charge in [-0.1, -0.05) is 0 Å². The summed E-state index contributed by atoms with van der Waals surface area (Å²) in [6.07, 6.45) is 4.22. The third kappa shape index (κ3) is 3.94. The lowest BCUT2D eigenvalue weighted by atomic mass is 10.1. The average molecular weight is 441 g/mol. The van der Waals surface area contributed by atoms with Gasteiger partial charge in [0.1, 0.15) is 11.3 Å². The summed E-state index contributed by atoms with van der Waals surface area (Å²) in [5.74, 6) is 0.216. The van der Waals surface area contributed by atoms with Gasteiger partial charge < -0.3 is 20.6 Å². The minimum absolute atomic E-state index is 0.250. The van der Waals surface area contributed by atoms with Crippen molar-refractivity contribution < 1.29 is 19.1 Å². The number of carbonyl (C=O) groups excluding carboxylic acids is 1. The van der Waals surface area contributed by atoms with Crippen molar-refractivity contribution in [2.75, 3.05) is 41.8 Å². The molecule has 1 saturated heterocycles. The Bertz CT molecular complexity index is 1160. The number of hydrogen-bond donors (Lipinski definition) is 3. The summed E-state index contributed by atoms with van der Waals surface area (Å²) in [6.45, 7) is 2.19. The molecule has 0 aliphatic carbocycles. The molecule has 10 nitrogen and oxygen atoms in total. The molecule has 2 amide bonds. The third-order valence-electron chi connectivity index (χ3n) is 5.65. The fraction of sp³-hybridized carbons (Fsp3) is 0.333. The zero-order chi connectivity index (χ0) is 22.8. The first-order valence-electron chi connectivity index (χ1n) is 10.1. The van der Waals surface area contributed by atoms with Gasteiger partial charge in [0.05, 0.1) is 0 Å². The van der Waals surface area contributed by atoms with E-state index in [-0.39, 0.29) is 18.0 Å². The van der Waals surface area contributed by atoms with E-state index in [1.54, 1.807) is 35.1 Å². The average Bonchev–Trinajstić information content (AvgIpc) is 3.31. The van der Waals surface area contributed by atoms with E-state index in [0.717, 1.165) is 30.8 Å². The van der Waals surface area contributed by atoms with Crippen molar-refractivity contribution in [1.82, 2.24) is 20.1 Å². The van der Waals surface area contributed by atoms with Crippen LogP contribution in [0.2, 0.25) is 0 Å². The van der Waals surface area contributed by atoms with Gasteiger partial charge in [-0.2, -0.15) is 5.10 Å². The predicted molar refractivity (Wildman–Crippen MR) is 119 cm³/mol. The maximum Gasteiger partial charge on any atom is 0.327 e. The van der Waals surface area contributed by atoms with Gasteiger partial charge in [0, 0.05) is 67.4 Å². The number of carbonyl (C=O) groups is 2. The summed E-state index contributed by atoms with van der Waals surface area (Å²) in [5.41, 5.74) is 2.92. The van der Waals surface area contributed by atoms with Crippen LogP contribution in [0.15, 0.2) is 30.6 Å². The summed E-state index contributed by atoms with van der Waals surface area (Å²) < 4.78 is 15.9. The van der Waals surface area contributed by atoms with E-state index in [1.807, 2.05) is 13.1 Å². The Morgan fingerprint density at radius 1 is 1.34 bits per heavy atom. The highest BCUT2D eigenvalue weighted by molar-refractivity contribution is 6.04. The number of anilines is 3. The van der Waals surface area contributed by atoms with Crippen LogP contribution in [0.3, 0.4) is 0 Å². The van der Waals surface area contributed by atoms with Crippen molar-refractivity contribution in [3.8, 4) is 0 Å². The number of aryl methyl sites for hydroxylation is 1. The Kier molecular flexibility index (Phi) is 5.91. The van der Waals surface area contributed by atoms with Crippen molar-refractivity contribution in [2.24, 2.45) is 7.05 Å². The number of amides is 2. The van der Waals surface area contributed by atoms with Gasteiger partial charge in [-0.25, -0.2) is 14.2 Å². The fourth-order valence-corrected chi connectivity index (χ4v) is 4.10. The standard InChI is InChI=1S/C20H22FN7O.CH2O2/c1-22-14-10-27(11-14)17-3-5-23-19-15(17)4-6-28(19)20(29)24-13-7-12-9-26(2)25-18(12)16(21)8-13;2-1-3/h3,5,7-9,14,22H,4,6,10-11H2,1-2H3,(H,24,29);1H,(H,2,3). The smallest absolute Gasteiger partial charge is 0.327 e. The molecule has 0 unspecified atom stereocenters. The van der Waals surface area contributed by atoms with E-state index in [9.17, 15) is 9.18 Å². The minimum atomic E-state index is -0.461. The topological polar surface area (TPSA) is 116 Å². The van der Waals surface area contributed by atoms with Gasteiger partial charge in [0.2, 0.25) is 0 Å². The molecule has 4 heterocycles. The second kappa shape index (κ2) is 8.79. The molecule has 3 aromatic rings. The SMILES string of the molecule is CNC1CN(c2ccnc3c2CCN3C(=O)Nc2cc(F)c3nn(C)cc3c2)C1.O=CO. The number of nitrogens with zero attached hydrogens (tertiary/aromatic N) is 5. The van der Waals surface area contributed by atoms with Crippen LogP contribution in [0.25, 0.3) is 10.9 Å². The molecule has 11 heteroatoms. The molecular weight excluding hydrogens is 417 g/mol. The number of aromatic nitrogens is 3. The summed E-state index contributed by atoms with van der Waals surface area (Å²) in [6, 6.07) is 5.22. The van der Waals surface area contributed by atoms with E-state index < -0.39 is 5.82 Å². The zero-order valence-corrected chi connectivity index (χ0v) is 17.7. The Labute approximate surface area is 183 Å². The number of fused-ring (bicyclic) bond motifs is 2. The maximum absolute atomic E-state index is 14.3.